The van der Waals surface area contributed by atoms with Crippen LogP contribution in [0.3, 0.4) is 0 Å². The highest BCUT2D eigenvalue weighted by atomic mass is 32.2. The lowest BCUT2D eigenvalue weighted by atomic mass is 10.2. The number of likely N-dealkylation sites (tertiary alicyclic amines) is 1. The van der Waals surface area contributed by atoms with Crippen LogP contribution in [0.4, 0.5) is 0 Å². The minimum atomic E-state index is -0.310. The van der Waals surface area contributed by atoms with E-state index < -0.39 is 0 Å². The number of likely N-dealkylation sites (N-methyl/N-ethyl adjacent to an activating group) is 1. The zero-order valence-corrected chi connectivity index (χ0v) is 9.47. The molecule has 0 spiro atoms. The maximum atomic E-state index is 11.7. The number of carbonyl (C=O) groups excluding carboxylic acids is 2. The molecular weight excluding hydrogens is 214 g/mol. The van der Waals surface area contributed by atoms with Gasteiger partial charge in [-0.15, -0.1) is 11.8 Å². The molecule has 0 aromatic rings. The van der Waals surface area contributed by atoms with Gasteiger partial charge in [0.05, 0.1) is 6.04 Å². The second-order valence-electron chi connectivity index (χ2n) is 3.88. The summed E-state index contributed by atoms with van der Waals surface area (Å²) in [6.45, 7) is 0.733. The van der Waals surface area contributed by atoms with Crippen molar-refractivity contribution in [3.05, 3.63) is 0 Å². The van der Waals surface area contributed by atoms with E-state index in [0.29, 0.717) is 0 Å². The van der Waals surface area contributed by atoms with E-state index in [0.717, 1.165) is 24.6 Å². The highest BCUT2D eigenvalue weighted by Gasteiger charge is 2.32. The van der Waals surface area contributed by atoms with E-state index in [-0.39, 0.29) is 23.9 Å². The Bertz CT molecular complexity index is 279. The minimum Gasteiger partial charge on any atom is -0.344 e. The van der Waals surface area contributed by atoms with E-state index in [9.17, 15) is 9.59 Å². The fourth-order valence-corrected chi connectivity index (χ4v) is 2.73. The highest BCUT2D eigenvalue weighted by molar-refractivity contribution is 7.99. The molecule has 0 saturated carbocycles. The number of hydrogen-bond acceptors (Lipinski definition) is 4. The van der Waals surface area contributed by atoms with Gasteiger partial charge in [-0.2, -0.15) is 0 Å². The lowest BCUT2D eigenvalue weighted by molar-refractivity contribution is -0.132. The summed E-state index contributed by atoms with van der Waals surface area (Å²) in [5.41, 5.74) is 0. The zero-order chi connectivity index (χ0) is 10.8. The van der Waals surface area contributed by atoms with Crippen molar-refractivity contribution < 1.29 is 9.59 Å². The SMILES string of the molecule is CN1CCC(NC(=O)C2CSCN2)C1=O. The van der Waals surface area contributed by atoms with Crippen LogP contribution in [-0.4, -0.2) is 54.0 Å². The molecule has 2 N–H and O–H groups in total. The van der Waals surface area contributed by atoms with Gasteiger partial charge in [-0.05, 0) is 6.42 Å². The molecule has 2 fully saturated rings. The largest absolute Gasteiger partial charge is 0.344 e. The maximum absolute atomic E-state index is 11.7. The van der Waals surface area contributed by atoms with E-state index in [4.69, 9.17) is 0 Å². The number of carbonyl (C=O) groups is 2. The van der Waals surface area contributed by atoms with E-state index in [2.05, 4.69) is 10.6 Å². The smallest absolute Gasteiger partial charge is 0.244 e. The molecule has 2 unspecified atom stereocenters. The molecule has 0 aromatic carbocycles. The first-order valence-electron chi connectivity index (χ1n) is 5.05. The Labute approximate surface area is 93.0 Å². The summed E-state index contributed by atoms with van der Waals surface area (Å²) in [4.78, 5) is 24.9. The first-order valence-corrected chi connectivity index (χ1v) is 6.20. The van der Waals surface area contributed by atoms with E-state index in [1.54, 1.807) is 23.7 Å². The summed E-state index contributed by atoms with van der Waals surface area (Å²) in [5, 5.41) is 5.88. The highest BCUT2D eigenvalue weighted by Crippen LogP contribution is 2.12. The van der Waals surface area contributed by atoms with Gasteiger partial charge >= 0.3 is 0 Å². The molecule has 2 aliphatic heterocycles. The van der Waals surface area contributed by atoms with Gasteiger partial charge in [-0.25, -0.2) is 0 Å². The molecule has 0 aromatic heterocycles. The quantitative estimate of drug-likeness (QED) is 0.637. The predicted molar refractivity (Wildman–Crippen MR) is 58.4 cm³/mol. The van der Waals surface area contributed by atoms with Crippen LogP contribution in [0.2, 0.25) is 0 Å². The molecule has 0 bridgehead atoms. The van der Waals surface area contributed by atoms with Crippen molar-refractivity contribution in [3.63, 3.8) is 0 Å². The third-order valence-electron chi connectivity index (χ3n) is 2.78. The van der Waals surface area contributed by atoms with Crippen LogP contribution in [-0.2, 0) is 9.59 Å². The maximum Gasteiger partial charge on any atom is 0.244 e. The topological polar surface area (TPSA) is 61.4 Å². The molecule has 2 heterocycles. The Balaban J connectivity index is 1.86. The zero-order valence-electron chi connectivity index (χ0n) is 8.66. The lowest BCUT2D eigenvalue weighted by Gasteiger charge is -2.15. The van der Waals surface area contributed by atoms with Gasteiger partial charge in [0.2, 0.25) is 11.8 Å². The molecule has 15 heavy (non-hydrogen) atoms. The summed E-state index contributed by atoms with van der Waals surface area (Å²) in [5.74, 6) is 1.58. The average Bonchev–Trinajstić information content (AvgIpc) is 2.83. The van der Waals surface area contributed by atoms with E-state index in [1.165, 1.54) is 0 Å². The molecule has 2 atom stereocenters. The van der Waals surface area contributed by atoms with E-state index in [1.807, 2.05) is 0 Å². The number of nitrogens with zero attached hydrogens (tertiary/aromatic N) is 1. The number of rotatable bonds is 2. The molecule has 2 aliphatic rings. The van der Waals surface area contributed by atoms with Crippen molar-refractivity contribution >= 4 is 23.6 Å². The van der Waals surface area contributed by atoms with Gasteiger partial charge in [0, 0.05) is 25.2 Å². The van der Waals surface area contributed by atoms with Crippen molar-refractivity contribution in [1.82, 2.24) is 15.5 Å². The van der Waals surface area contributed by atoms with E-state index >= 15 is 0 Å². The Morgan fingerprint density at radius 3 is 3.00 bits per heavy atom. The van der Waals surface area contributed by atoms with Crippen LogP contribution in [0.5, 0.6) is 0 Å². The Morgan fingerprint density at radius 2 is 2.47 bits per heavy atom. The molecule has 84 valence electrons. The molecular formula is C9H15N3O2S. The van der Waals surface area contributed by atoms with Crippen LogP contribution in [0.1, 0.15) is 6.42 Å². The molecule has 0 radical (unpaired) electrons. The van der Waals surface area contributed by atoms with Gasteiger partial charge in [0.1, 0.15) is 6.04 Å². The van der Waals surface area contributed by atoms with Gasteiger partial charge in [-0.1, -0.05) is 0 Å². The summed E-state index contributed by atoms with van der Waals surface area (Å²) >= 11 is 1.70. The molecule has 2 rings (SSSR count). The number of hydrogen-bond donors (Lipinski definition) is 2. The van der Waals surface area contributed by atoms with Gasteiger partial charge < -0.3 is 10.2 Å². The van der Waals surface area contributed by atoms with Crippen LogP contribution in [0.15, 0.2) is 0 Å². The Morgan fingerprint density at radius 1 is 1.67 bits per heavy atom. The Kier molecular flexibility index (Phi) is 3.16. The standard InChI is InChI=1S/C9H15N3O2S/c1-12-3-2-6(9(12)14)11-8(13)7-4-15-5-10-7/h6-7,10H,2-5H2,1H3,(H,11,13). The lowest BCUT2D eigenvalue weighted by Crippen LogP contribution is -2.48. The minimum absolute atomic E-state index is 0.0222. The summed E-state index contributed by atoms with van der Waals surface area (Å²) in [7, 11) is 1.76. The summed E-state index contributed by atoms with van der Waals surface area (Å²) in [6, 6.07) is -0.441. The average molecular weight is 229 g/mol. The van der Waals surface area contributed by atoms with Gasteiger partial charge in [0.25, 0.3) is 0 Å². The molecule has 2 saturated heterocycles. The molecule has 2 amide bonds. The fourth-order valence-electron chi connectivity index (χ4n) is 1.79. The monoisotopic (exact) mass is 229 g/mol. The van der Waals surface area contributed by atoms with Crippen molar-refractivity contribution in [2.45, 2.75) is 18.5 Å². The number of nitrogens with one attached hydrogen (secondary N) is 2. The third-order valence-corrected chi connectivity index (χ3v) is 3.72. The van der Waals surface area contributed by atoms with Gasteiger partial charge in [-0.3, -0.25) is 14.9 Å². The third kappa shape index (κ3) is 2.26. The van der Waals surface area contributed by atoms with Gasteiger partial charge in [0.15, 0.2) is 0 Å². The number of amides is 2. The summed E-state index contributed by atoms with van der Waals surface area (Å²) in [6.07, 6.45) is 0.723. The second-order valence-corrected chi connectivity index (χ2v) is 4.91. The normalized spacial score (nSPS) is 31.0. The number of thioether (sulfide) groups is 1. The summed E-state index contributed by atoms with van der Waals surface area (Å²) < 4.78 is 0. The molecule has 5 nitrogen and oxygen atoms in total. The first kappa shape index (κ1) is 10.8. The molecule has 6 heteroatoms. The second kappa shape index (κ2) is 4.40. The Hall–Kier alpha value is -0.750. The molecule has 0 aliphatic carbocycles. The van der Waals surface area contributed by atoms with Crippen LogP contribution >= 0.6 is 11.8 Å². The van der Waals surface area contributed by atoms with Crippen molar-refractivity contribution in [1.29, 1.82) is 0 Å². The first-order chi connectivity index (χ1) is 7.18. The van der Waals surface area contributed by atoms with Crippen LogP contribution < -0.4 is 10.6 Å². The predicted octanol–water partition coefficient (Wildman–Crippen LogP) is -1.00. The fraction of sp³-hybridized carbons (Fsp3) is 0.778. The van der Waals surface area contributed by atoms with Crippen molar-refractivity contribution in [2.24, 2.45) is 0 Å². The van der Waals surface area contributed by atoms with Crippen molar-refractivity contribution in [2.75, 3.05) is 25.2 Å². The van der Waals surface area contributed by atoms with Crippen LogP contribution in [0, 0.1) is 0 Å². The van der Waals surface area contributed by atoms with Crippen LogP contribution in [0.25, 0.3) is 0 Å². The van der Waals surface area contributed by atoms with Crippen molar-refractivity contribution in [3.8, 4) is 0 Å².